The minimum absolute atomic E-state index is 0.132. The fourth-order valence-electron chi connectivity index (χ4n) is 4.90. The van der Waals surface area contributed by atoms with E-state index in [0.717, 1.165) is 60.2 Å². The molecule has 2 aliphatic rings. The number of aromatic nitrogens is 4. The SMILES string of the molecule is OC1CCN(c2cccc(-c3cnc4ccc(N5CCOC[C@@H]5c5cccc(F)c5)nn34)n2)CC1. The number of hydrogen-bond donors (Lipinski definition) is 1. The molecule has 9 heteroatoms. The largest absolute Gasteiger partial charge is 0.393 e. The monoisotopic (exact) mass is 474 g/mol. The number of pyridine rings is 1. The molecule has 3 aromatic heterocycles. The minimum atomic E-state index is -0.262. The number of morpholine rings is 1. The van der Waals surface area contributed by atoms with Crippen molar-refractivity contribution in [1.29, 1.82) is 0 Å². The third kappa shape index (κ3) is 4.33. The van der Waals surface area contributed by atoms with Crippen molar-refractivity contribution in [2.45, 2.75) is 25.0 Å². The molecule has 2 fully saturated rings. The number of rotatable bonds is 4. The standard InChI is InChI=1S/C26H27FN6O2/c27-19-4-1-3-18(15-19)23-17-35-14-13-32(23)26-8-7-24-28-16-22(33(24)30-26)21-5-2-6-25(29-21)31-11-9-20(34)10-12-31/h1-8,15-16,20,23,34H,9-14,17H2/t23-/m1/s1. The van der Waals surface area contributed by atoms with E-state index >= 15 is 0 Å². The van der Waals surface area contributed by atoms with Crippen LogP contribution in [0.3, 0.4) is 0 Å². The second kappa shape index (κ2) is 9.24. The summed E-state index contributed by atoms with van der Waals surface area (Å²) < 4.78 is 21.5. The Balaban J connectivity index is 1.34. The van der Waals surface area contributed by atoms with Gasteiger partial charge in [-0.2, -0.15) is 0 Å². The fourth-order valence-corrected chi connectivity index (χ4v) is 4.90. The molecule has 0 unspecified atom stereocenters. The van der Waals surface area contributed by atoms with Crippen molar-refractivity contribution < 1.29 is 14.2 Å². The summed E-state index contributed by atoms with van der Waals surface area (Å²) in [5.41, 5.74) is 3.18. The van der Waals surface area contributed by atoms with E-state index in [1.165, 1.54) is 6.07 Å². The molecule has 2 aliphatic heterocycles. The van der Waals surface area contributed by atoms with Crippen LogP contribution in [0.4, 0.5) is 16.0 Å². The summed E-state index contributed by atoms with van der Waals surface area (Å²) in [5.74, 6) is 1.40. The molecule has 8 nitrogen and oxygen atoms in total. The van der Waals surface area contributed by atoms with Gasteiger partial charge in [0.1, 0.15) is 23.1 Å². The Morgan fingerprint density at radius 1 is 0.971 bits per heavy atom. The number of aliphatic hydroxyl groups excluding tert-OH is 1. The van der Waals surface area contributed by atoms with E-state index in [4.69, 9.17) is 14.8 Å². The molecule has 0 bridgehead atoms. The van der Waals surface area contributed by atoms with Crippen molar-refractivity contribution in [1.82, 2.24) is 19.6 Å². The van der Waals surface area contributed by atoms with Crippen LogP contribution in [0.2, 0.25) is 0 Å². The van der Waals surface area contributed by atoms with Crippen molar-refractivity contribution >= 4 is 17.3 Å². The number of anilines is 2. The molecule has 180 valence electrons. The van der Waals surface area contributed by atoms with Gasteiger partial charge < -0.3 is 19.6 Å². The zero-order valence-corrected chi connectivity index (χ0v) is 19.3. The normalized spacial score (nSPS) is 19.4. The van der Waals surface area contributed by atoms with Crippen molar-refractivity contribution in [3.63, 3.8) is 0 Å². The Labute approximate surface area is 202 Å². The van der Waals surface area contributed by atoms with Gasteiger partial charge in [-0.05, 0) is 54.8 Å². The maximum absolute atomic E-state index is 13.9. The molecule has 35 heavy (non-hydrogen) atoms. The quantitative estimate of drug-likeness (QED) is 0.485. The molecule has 1 aromatic carbocycles. The lowest BCUT2D eigenvalue weighted by molar-refractivity contribution is 0.0935. The smallest absolute Gasteiger partial charge is 0.154 e. The highest BCUT2D eigenvalue weighted by atomic mass is 19.1. The zero-order valence-electron chi connectivity index (χ0n) is 19.3. The number of imidazole rings is 1. The maximum Gasteiger partial charge on any atom is 0.154 e. The number of aliphatic hydroxyl groups is 1. The van der Waals surface area contributed by atoms with E-state index in [-0.39, 0.29) is 18.0 Å². The fraction of sp³-hybridized carbons (Fsp3) is 0.346. The Morgan fingerprint density at radius 3 is 2.69 bits per heavy atom. The molecule has 1 atom stereocenters. The summed E-state index contributed by atoms with van der Waals surface area (Å²) in [5, 5.41) is 14.8. The van der Waals surface area contributed by atoms with Crippen LogP contribution in [0.25, 0.3) is 17.0 Å². The minimum Gasteiger partial charge on any atom is -0.393 e. The third-order valence-electron chi connectivity index (χ3n) is 6.79. The van der Waals surface area contributed by atoms with Gasteiger partial charge in [-0.25, -0.2) is 18.9 Å². The summed E-state index contributed by atoms with van der Waals surface area (Å²) in [6.45, 7) is 3.26. The summed E-state index contributed by atoms with van der Waals surface area (Å²) in [6.07, 6.45) is 3.06. The molecule has 5 heterocycles. The molecule has 0 amide bonds. The molecule has 1 N–H and O–H groups in total. The summed E-state index contributed by atoms with van der Waals surface area (Å²) in [7, 11) is 0. The predicted molar refractivity (Wildman–Crippen MR) is 131 cm³/mol. The third-order valence-corrected chi connectivity index (χ3v) is 6.79. The number of nitrogens with zero attached hydrogens (tertiary/aromatic N) is 6. The lowest BCUT2D eigenvalue weighted by Crippen LogP contribution is -2.40. The number of hydrogen-bond acceptors (Lipinski definition) is 7. The van der Waals surface area contributed by atoms with E-state index in [1.54, 1.807) is 18.3 Å². The number of piperidine rings is 1. The lowest BCUT2D eigenvalue weighted by Gasteiger charge is -2.36. The number of ether oxygens (including phenoxy) is 1. The Morgan fingerprint density at radius 2 is 1.83 bits per heavy atom. The summed E-state index contributed by atoms with van der Waals surface area (Å²) in [6, 6.07) is 16.4. The van der Waals surface area contributed by atoms with Crippen LogP contribution >= 0.6 is 0 Å². The van der Waals surface area contributed by atoms with Crippen LogP contribution in [-0.2, 0) is 4.74 Å². The van der Waals surface area contributed by atoms with E-state index in [9.17, 15) is 9.50 Å². The van der Waals surface area contributed by atoms with Gasteiger partial charge in [-0.1, -0.05) is 18.2 Å². The topological polar surface area (TPSA) is 79.0 Å². The second-order valence-corrected chi connectivity index (χ2v) is 9.04. The van der Waals surface area contributed by atoms with Gasteiger partial charge in [0.25, 0.3) is 0 Å². The van der Waals surface area contributed by atoms with Gasteiger partial charge in [0.05, 0.1) is 37.3 Å². The molecule has 0 aliphatic carbocycles. The molecule has 4 aromatic rings. The van der Waals surface area contributed by atoms with Gasteiger partial charge in [-0.3, -0.25) is 0 Å². The summed E-state index contributed by atoms with van der Waals surface area (Å²) >= 11 is 0. The first-order chi connectivity index (χ1) is 17.2. The van der Waals surface area contributed by atoms with Crippen molar-refractivity contribution in [3.05, 3.63) is 72.2 Å². The zero-order chi connectivity index (χ0) is 23.8. The van der Waals surface area contributed by atoms with Crippen LogP contribution in [-0.4, -0.2) is 63.6 Å². The van der Waals surface area contributed by atoms with Crippen molar-refractivity contribution in [2.75, 3.05) is 42.6 Å². The molecular formula is C26H27FN6O2. The van der Waals surface area contributed by atoms with Crippen molar-refractivity contribution in [3.8, 4) is 11.4 Å². The first-order valence-electron chi connectivity index (χ1n) is 12.0. The average molecular weight is 475 g/mol. The second-order valence-electron chi connectivity index (χ2n) is 9.04. The van der Waals surface area contributed by atoms with Crippen LogP contribution in [0.1, 0.15) is 24.4 Å². The molecular weight excluding hydrogens is 447 g/mol. The highest BCUT2D eigenvalue weighted by molar-refractivity contribution is 5.62. The molecule has 0 radical (unpaired) electrons. The Kier molecular flexibility index (Phi) is 5.79. The molecule has 2 saturated heterocycles. The van der Waals surface area contributed by atoms with Gasteiger partial charge in [-0.15, -0.1) is 5.10 Å². The number of fused-ring (bicyclic) bond motifs is 1. The average Bonchev–Trinajstić information content (AvgIpc) is 3.33. The van der Waals surface area contributed by atoms with E-state index < -0.39 is 0 Å². The number of benzene rings is 1. The maximum atomic E-state index is 13.9. The Bertz CT molecular complexity index is 1340. The first-order valence-corrected chi connectivity index (χ1v) is 12.0. The molecule has 0 saturated carbocycles. The van der Waals surface area contributed by atoms with Gasteiger partial charge in [0.2, 0.25) is 0 Å². The highest BCUT2D eigenvalue weighted by Gasteiger charge is 2.27. The predicted octanol–water partition coefficient (Wildman–Crippen LogP) is 3.47. The Hall–Kier alpha value is -3.56. The van der Waals surface area contributed by atoms with Gasteiger partial charge in [0.15, 0.2) is 5.65 Å². The lowest BCUT2D eigenvalue weighted by atomic mass is 10.0. The van der Waals surface area contributed by atoms with Crippen LogP contribution in [0.5, 0.6) is 0 Å². The number of halogens is 1. The summed E-state index contributed by atoms with van der Waals surface area (Å²) in [4.78, 5) is 13.8. The molecule has 0 spiro atoms. The van der Waals surface area contributed by atoms with Crippen molar-refractivity contribution in [2.24, 2.45) is 0 Å². The van der Waals surface area contributed by atoms with E-state index in [0.29, 0.717) is 19.8 Å². The highest BCUT2D eigenvalue weighted by Crippen LogP contribution is 2.30. The van der Waals surface area contributed by atoms with Gasteiger partial charge in [0, 0.05) is 19.6 Å². The van der Waals surface area contributed by atoms with E-state index in [2.05, 4.69) is 14.8 Å². The van der Waals surface area contributed by atoms with Gasteiger partial charge >= 0.3 is 0 Å². The van der Waals surface area contributed by atoms with Crippen LogP contribution < -0.4 is 9.80 Å². The van der Waals surface area contributed by atoms with Crippen LogP contribution in [0.15, 0.2) is 60.8 Å². The molecule has 6 rings (SSSR count). The van der Waals surface area contributed by atoms with Crippen LogP contribution in [0, 0.1) is 5.82 Å². The first kappa shape index (κ1) is 21.9. The van der Waals surface area contributed by atoms with E-state index in [1.807, 2.05) is 40.9 Å².